The SMILES string of the molecule is COC(=O)C(N)CCSCc1nn2c(=O)cc(C)nc2s1. The van der Waals surface area contributed by atoms with Gasteiger partial charge in [-0.25, -0.2) is 4.98 Å². The Hall–Kier alpha value is -1.45. The van der Waals surface area contributed by atoms with Crippen molar-refractivity contribution < 1.29 is 9.53 Å². The van der Waals surface area contributed by atoms with Gasteiger partial charge in [0.1, 0.15) is 11.0 Å². The van der Waals surface area contributed by atoms with Crippen LogP contribution in [0.15, 0.2) is 10.9 Å². The van der Waals surface area contributed by atoms with Crippen molar-refractivity contribution in [3.63, 3.8) is 0 Å². The molecule has 2 aromatic rings. The van der Waals surface area contributed by atoms with Gasteiger partial charge in [-0.05, 0) is 19.1 Å². The summed E-state index contributed by atoms with van der Waals surface area (Å²) in [5, 5.41) is 5.06. The smallest absolute Gasteiger partial charge is 0.322 e. The number of methoxy groups -OCH3 is 1. The first-order chi connectivity index (χ1) is 10.0. The third-order valence-electron chi connectivity index (χ3n) is 2.72. The Morgan fingerprint density at radius 3 is 3.10 bits per heavy atom. The molecular weight excluding hydrogens is 312 g/mol. The highest BCUT2D eigenvalue weighted by Gasteiger charge is 2.13. The molecular formula is C12H16N4O3S2. The second-order valence-corrected chi connectivity index (χ2v) is 6.54. The largest absolute Gasteiger partial charge is 0.468 e. The summed E-state index contributed by atoms with van der Waals surface area (Å²) in [5.41, 5.74) is 6.17. The van der Waals surface area contributed by atoms with Gasteiger partial charge in [0, 0.05) is 17.5 Å². The maximum atomic E-state index is 11.7. The van der Waals surface area contributed by atoms with Crippen molar-refractivity contribution in [2.45, 2.75) is 25.1 Å². The summed E-state index contributed by atoms with van der Waals surface area (Å²) in [4.78, 5) is 27.8. The summed E-state index contributed by atoms with van der Waals surface area (Å²) in [7, 11) is 1.32. The quantitative estimate of drug-likeness (QED) is 0.611. The molecule has 0 saturated heterocycles. The Morgan fingerprint density at radius 2 is 2.38 bits per heavy atom. The van der Waals surface area contributed by atoms with Crippen molar-refractivity contribution in [2.75, 3.05) is 12.9 Å². The lowest BCUT2D eigenvalue weighted by Gasteiger charge is -2.07. The zero-order chi connectivity index (χ0) is 15.4. The van der Waals surface area contributed by atoms with E-state index in [1.54, 1.807) is 18.7 Å². The molecule has 2 heterocycles. The van der Waals surface area contributed by atoms with Crippen LogP contribution >= 0.6 is 23.1 Å². The van der Waals surface area contributed by atoms with Gasteiger partial charge in [0.15, 0.2) is 0 Å². The van der Waals surface area contributed by atoms with E-state index in [0.29, 0.717) is 28.6 Å². The minimum Gasteiger partial charge on any atom is -0.468 e. The van der Waals surface area contributed by atoms with Crippen LogP contribution in [0.1, 0.15) is 17.1 Å². The van der Waals surface area contributed by atoms with Crippen molar-refractivity contribution >= 4 is 34.0 Å². The number of thioether (sulfide) groups is 1. The molecule has 21 heavy (non-hydrogen) atoms. The molecule has 0 amide bonds. The van der Waals surface area contributed by atoms with E-state index < -0.39 is 12.0 Å². The zero-order valence-electron chi connectivity index (χ0n) is 11.7. The van der Waals surface area contributed by atoms with Crippen LogP contribution in [0.25, 0.3) is 4.96 Å². The number of hydrogen-bond donors (Lipinski definition) is 1. The van der Waals surface area contributed by atoms with Crippen molar-refractivity contribution in [3.8, 4) is 0 Å². The van der Waals surface area contributed by atoms with Gasteiger partial charge in [0.2, 0.25) is 4.96 Å². The van der Waals surface area contributed by atoms with Crippen molar-refractivity contribution in [1.29, 1.82) is 0 Å². The van der Waals surface area contributed by atoms with E-state index in [9.17, 15) is 9.59 Å². The van der Waals surface area contributed by atoms with E-state index in [1.807, 2.05) is 0 Å². The Morgan fingerprint density at radius 1 is 1.62 bits per heavy atom. The molecule has 0 saturated carbocycles. The molecule has 0 spiro atoms. The Kier molecular flexibility index (Phi) is 5.32. The van der Waals surface area contributed by atoms with Gasteiger partial charge in [0.05, 0.1) is 7.11 Å². The average Bonchev–Trinajstić information content (AvgIpc) is 2.85. The Balaban J connectivity index is 1.91. The molecule has 0 bridgehead atoms. The summed E-state index contributed by atoms with van der Waals surface area (Å²) >= 11 is 3.00. The van der Waals surface area contributed by atoms with Crippen LogP contribution < -0.4 is 11.3 Å². The highest BCUT2D eigenvalue weighted by molar-refractivity contribution is 7.98. The van der Waals surface area contributed by atoms with Crippen molar-refractivity contribution in [1.82, 2.24) is 14.6 Å². The van der Waals surface area contributed by atoms with Crippen LogP contribution in [-0.4, -0.2) is 39.5 Å². The molecule has 0 fully saturated rings. The fourth-order valence-electron chi connectivity index (χ4n) is 1.66. The molecule has 1 unspecified atom stereocenters. The second kappa shape index (κ2) is 7.01. The summed E-state index contributed by atoms with van der Waals surface area (Å²) in [5.74, 6) is 0.968. The molecule has 0 aliphatic carbocycles. The van der Waals surface area contributed by atoms with E-state index in [-0.39, 0.29) is 5.56 Å². The third kappa shape index (κ3) is 4.02. The number of rotatable bonds is 6. The minimum absolute atomic E-state index is 0.169. The van der Waals surface area contributed by atoms with E-state index in [0.717, 1.165) is 5.01 Å². The maximum absolute atomic E-state index is 11.7. The number of carbonyl (C=O) groups is 1. The minimum atomic E-state index is -0.593. The van der Waals surface area contributed by atoms with Crippen LogP contribution in [0.5, 0.6) is 0 Å². The van der Waals surface area contributed by atoms with Gasteiger partial charge in [-0.3, -0.25) is 9.59 Å². The van der Waals surface area contributed by atoms with Crippen LogP contribution in [0.4, 0.5) is 0 Å². The average molecular weight is 328 g/mol. The number of aromatic nitrogens is 3. The molecule has 2 rings (SSSR count). The number of ether oxygens (including phenoxy) is 1. The fourth-order valence-corrected chi connectivity index (χ4v) is 3.68. The first kappa shape index (κ1) is 15.9. The van der Waals surface area contributed by atoms with Gasteiger partial charge in [-0.2, -0.15) is 21.4 Å². The summed E-state index contributed by atoms with van der Waals surface area (Å²) in [6.45, 7) is 1.78. The van der Waals surface area contributed by atoms with Crippen LogP contribution in [0, 0.1) is 6.92 Å². The van der Waals surface area contributed by atoms with E-state index in [1.165, 1.54) is 29.0 Å². The second-order valence-electron chi connectivity index (χ2n) is 4.40. The maximum Gasteiger partial charge on any atom is 0.322 e. The third-order valence-corrected chi connectivity index (χ3v) is 4.81. The Bertz CT molecular complexity index is 697. The standard InChI is InChI=1S/C12H16N4O3S2/c1-7-5-10(17)16-12(14-7)21-9(15-16)6-20-4-3-8(13)11(18)19-2/h5,8H,3-4,6,13H2,1-2H3. The number of fused-ring (bicyclic) bond motifs is 1. The van der Waals surface area contributed by atoms with Crippen LogP contribution in [0.2, 0.25) is 0 Å². The molecule has 0 radical (unpaired) electrons. The normalized spacial score (nSPS) is 12.5. The topological polar surface area (TPSA) is 99.6 Å². The van der Waals surface area contributed by atoms with Gasteiger partial charge in [0.25, 0.3) is 5.56 Å². The van der Waals surface area contributed by atoms with E-state index in [2.05, 4.69) is 14.8 Å². The van der Waals surface area contributed by atoms with E-state index >= 15 is 0 Å². The lowest BCUT2D eigenvalue weighted by molar-refractivity contribution is -0.142. The molecule has 2 N–H and O–H groups in total. The predicted octanol–water partition coefficient (Wildman–Crippen LogP) is 0.583. The first-order valence-electron chi connectivity index (χ1n) is 6.29. The number of hydrogen-bond acceptors (Lipinski definition) is 8. The summed E-state index contributed by atoms with van der Waals surface area (Å²) in [6.07, 6.45) is 0.541. The lowest BCUT2D eigenvalue weighted by atomic mass is 10.2. The molecule has 114 valence electrons. The molecule has 0 aliphatic heterocycles. The van der Waals surface area contributed by atoms with E-state index in [4.69, 9.17) is 5.73 Å². The monoisotopic (exact) mass is 328 g/mol. The fraction of sp³-hybridized carbons (Fsp3) is 0.500. The molecule has 0 aliphatic rings. The van der Waals surface area contributed by atoms with Crippen LogP contribution in [0.3, 0.4) is 0 Å². The lowest BCUT2D eigenvalue weighted by Crippen LogP contribution is -2.31. The Labute approximate surface area is 129 Å². The molecule has 0 aromatic carbocycles. The molecule has 9 heteroatoms. The highest BCUT2D eigenvalue weighted by atomic mass is 32.2. The number of nitrogens with two attached hydrogens (primary N) is 1. The summed E-state index contributed by atoms with van der Waals surface area (Å²) in [6, 6.07) is 0.865. The molecule has 7 nitrogen and oxygen atoms in total. The van der Waals surface area contributed by atoms with Gasteiger partial charge in [-0.15, -0.1) is 0 Å². The number of aryl methyl sites for hydroxylation is 1. The van der Waals surface area contributed by atoms with Gasteiger partial charge in [-0.1, -0.05) is 11.3 Å². The summed E-state index contributed by atoms with van der Waals surface area (Å²) < 4.78 is 5.88. The predicted molar refractivity (Wildman–Crippen MR) is 82.6 cm³/mol. The molecule has 2 aromatic heterocycles. The zero-order valence-corrected chi connectivity index (χ0v) is 13.4. The van der Waals surface area contributed by atoms with Crippen LogP contribution in [-0.2, 0) is 15.3 Å². The molecule has 1 atom stereocenters. The number of esters is 1. The number of nitrogens with zero attached hydrogens (tertiary/aromatic N) is 3. The number of carbonyl (C=O) groups excluding carboxylic acids is 1. The van der Waals surface area contributed by atoms with Gasteiger partial charge < -0.3 is 10.5 Å². The van der Waals surface area contributed by atoms with Gasteiger partial charge >= 0.3 is 5.97 Å². The highest BCUT2D eigenvalue weighted by Crippen LogP contribution is 2.18. The van der Waals surface area contributed by atoms with Crippen molar-refractivity contribution in [2.24, 2.45) is 5.73 Å². The first-order valence-corrected chi connectivity index (χ1v) is 8.26. The van der Waals surface area contributed by atoms with Crippen molar-refractivity contribution in [3.05, 3.63) is 27.1 Å².